The molecule has 100 valence electrons. The van der Waals surface area contributed by atoms with E-state index in [1.54, 1.807) is 0 Å². The number of benzene rings is 1. The molecule has 2 N–H and O–H groups in total. The van der Waals surface area contributed by atoms with Gasteiger partial charge in [-0.1, -0.05) is 0 Å². The zero-order valence-electron chi connectivity index (χ0n) is 9.22. The summed E-state index contributed by atoms with van der Waals surface area (Å²) in [6.45, 7) is 0. The lowest BCUT2D eigenvalue weighted by molar-refractivity contribution is 0.102. The molecule has 9 heteroatoms. The van der Waals surface area contributed by atoms with Gasteiger partial charge in [0.25, 0.3) is 15.0 Å². The minimum absolute atomic E-state index is 0.0550. The number of hydrogen-bond donors (Lipinski definition) is 2. The third kappa shape index (κ3) is 3.34. The number of halogens is 2. The Balaban J connectivity index is 2.25. The second-order valence-corrected chi connectivity index (χ2v) is 6.92. The van der Waals surface area contributed by atoms with Crippen LogP contribution in [0.4, 0.5) is 5.69 Å². The van der Waals surface area contributed by atoms with Crippen LogP contribution in [-0.2, 0) is 9.05 Å². The lowest BCUT2D eigenvalue weighted by Gasteiger charge is -2.07. The number of nitrogens with zero attached hydrogens (tertiary/aromatic N) is 1. The molecule has 0 radical (unpaired) electrons. The van der Waals surface area contributed by atoms with Crippen LogP contribution in [0.15, 0.2) is 39.8 Å². The maximum atomic E-state index is 11.8. The SMILES string of the molecule is O=C(Nc1ccc(S(=O)(=O)Cl)cc1Br)c1ccn[nH]1. The monoisotopic (exact) mass is 363 g/mol. The molecule has 0 aliphatic rings. The molecule has 0 saturated carbocycles. The molecule has 6 nitrogen and oxygen atoms in total. The second-order valence-electron chi connectivity index (χ2n) is 3.50. The number of rotatable bonds is 3. The number of anilines is 1. The van der Waals surface area contributed by atoms with Gasteiger partial charge in [0, 0.05) is 21.4 Å². The van der Waals surface area contributed by atoms with Crippen molar-refractivity contribution in [2.24, 2.45) is 0 Å². The maximum absolute atomic E-state index is 11.8. The van der Waals surface area contributed by atoms with E-state index in [-0.39, 0.29) is 10.8 Å². The van der Waals surface area contributed by atoms with Crippen molar-refractivity contribution in [3.8, 4) is 0 Å². The summed E-state index contributed by atoms with van der Waals surface area (Å²) in [4.78, 5) is 11.7. The second kappa shape index (κ2) is 5.32. The molecule has 19 heavy (non-hydrogen) atoms. The van der Waals surface area contributed by atoms with Gasteiger partial charge in [-0.2, -0.15) is 5.10 Å². The number of carbonyl (C=O) groups is 1. The smallest absolute Gasteiger partial charge is 0.273 e. The van der Waals surface area contributed by atoms with Crippen molar-refractivity contribution >= 4 is 47.3 Å². The highest BCUT2D eigenvalue weighted by Crippen LogP contribution is 2.27. The van der Waals surface area contributed by atoms with E-state index >= 15 is 0 Å². The van der Waals surface area contributed by atoms with Gasteiger partial charge in [0.1, 0.15) is 5.69 Å². The fourth-order valence-corrected chi connectivity index (χ4v) is 2.73. The Morgan fingerprint density at radius 1 is 1.37 bits per heavy atom. The number of aromatic nitrogens is 2. The Kier molecular flexibility index (Phi) is 3.93. The molecule has 1 heterocycles. The van der Waals surface area contributed by atoms with Crippen molar-refractivity contribution in [2.45, 2.75) is 4.90 Å². The van der Waals surface area contributed by atoms with Crippen LogP contribution in [0, 0.1) is 0 Å². The summed E-state index contributed by atoms with van der Waals surface area (Å²) in [6, 6.07) is 5.56. The fourth-order valence-electron chi connectivity index (χ4n) is 1.32. The summed E-state index contributed by atoms with van der Waals surface area (Å²) in [5.41, 5.74) is 0.713. The Bertz CT molecular complexity index is 716. The van der Waals surface area contributed by atoms with E-state index in [0.717, 1.165) is 0 Å². The predicted octanol–water partition coefficient (Wildman–Crippen LogP) is 2.35. The number of nitrogens with one attached hydrogen (secondary N) is 2. The first-order valence-electron chi connectivity index (χ1n) is 4.93. The van der Waals surface area contributed by atoms with Crippen LogP contribution in [0.2, 0.25) is 0 Å². The maximum Gasteiger partial charge on any atom is 0.273 e. The van der Waals surface area contributed by atoms with Gasteiger partial charge in [-0.05, 0) is 40.2 Å². The molecule has 0 unspecified atom stereocenters. The van der Waals surface area contributed by atoms with Crippen molar-refractivity contribution in [1.29, 1.82) is 0 Å². The van der Waals surface area contributed by atoms with E-state index in [1.165, 1.54) is 30.5 Å². The van der Waals surface area contributed by atoms with E-state index < -0.39 is 9.05 Å². The summed E-state index contributed by atoms with van der Waals surface area (Å²) < 4.78 is 22.7. The summed E-state index contributed by atoms with van der Waals surface area (Å²) in [7, 11) is 1.42. The van der Waals surface area contributed by atoms with Crippen molar-refractivity contribution < 1.29 is 13.2 Å². The Morgan fingerprint density at radius 3 is 2.63 bits per heavy atom. The Morgan fingerprint density at radius 2 is 2.11 bits per heavy atom. The Labute approximate surface area is 121 Å². The topological polar surface area (TPSA) is 91.9 Å². The predicted molar refractivity (Wildman–Crippen MR) is 73.7 cm³/mol. The van der Waals surface area contributed by atoms with Gasteiger partial charge in [0.15, 0.2) is 0 Å². The fraction of sp³-hybridized carbons (Fsp3) is 0. The van der Waals surface area contributed by atoms with Gasteiger partial charge in [0.2, 0.25) is 0 Å². The number of carbonyl (C=O) groups excluding carboxylic acids is 1. The molecular weight excluding hydrogens is 358 g/mol. The van der Waals surface area contributed by atoms with E-state index in [0.29, 0.717) is 15.9 Å². The average Bonchev–Trinajstić information content (AvgIpc) is 2.84. The van der Waals surface area contributed by atoms with Gasteiger partial charge < -0.3 is 5.32 Å². The van der Waals surface area contributed by atoms with Crippen molar-refractivity contribution in [2.75, 3.05) is 5.32 Å². The van der Waals surface area contributed by atoms with E-state index in [2.05, 4.69) is 31.4 Å². The third-order valence-electron chi connectivity index (χ3n) is 2.22. The van der Waals surface area contributed by atoms with Gasteiger partial charge in [-0.15, -0.1) is 0 Å². The summed E-state index contributed by atoms with van der Waals surface area (Å²) in [6.07, 6.45) is 1.45. The first-order valence-corrected chi connectivity index (χ1v) is 8.03. The highest BCUT2D eigenvalue weighted by Gasteiger charge is 2.14. The van der Waals surface area contributed by atoms with Crippen LogP contribution in [0.5, 0.6) is 0 Å². The molecule has 1 amide bonds. The minimum Gasteiger partial charge on any atom is -0.320 e. The largest absolute Gasteiger partial charge is 0.320 e. The van der Waals surface area contributed by atoms with Crippen molar-refractivity contribution in [3.63, 3.8) is 0 Å². The van der Waals surface area contributed by atoms with Gasteiger partial charge in [-0.25, -0.2) is 8.42 Å². The molecule has 0 saturated heterocycles. The number of aromatic amines is 1. The normalized spacial score (nSPS) is 11.3. The zero-order valence-corrected chi connectivity index (χ0v) is 12.4. The van der Waals surface area contributed by atoms with Gasteiger partial charge >= 0.3 is 0 Å². The van der Waals surface area contributed by atoms with Crippen LogP contribution < -0.4 is 5.32 Å². The van der Waals surface area contributed by atoms with E-state index in [1.807, 2.05) is 0 Å². The van der Waals surface area contributed by atoms with Crippen molar-refractivity contribution in [3.05, 3.63) is 40.6 Å². The molecule has 0 aliphatic carbocycles. The molecule has 0 fully saturated rings. The lowest BCUT2D eigenvalue weighted by atomic mass is 10.3. The first kappa shape index (κ1) is 14.0. The van der Waals surface area contributed by atoms with Gasteiger partial charge in [-0.3, -0.25) is 9.89 Å². The molecule has 1 aromatic carbocycles. The van der Waals surface area contributed by atoms with E-state index in [9.17, 15) is 13.2 Å². The molecule has 1 aromatic heterocycles. The summed E-state index contributed by atoms with van der Waals surface area (Å²) >= 11 is 3.17. The lowest BCUT2D eigenvalue weighted by Crippen LogP contribution is -2.12. The number of H-pyrrole nitrogens is 1. The summed E-state index contributed by atoms with van der Waals surface area (Å²) in [5.74, 6) is -0.389. The van der Waals surface area contributed by atoms with Crippen LogP contribution in [0.1, 0.15) is 10.5 Å². The quantitative estimate of drug-likeness (QED) is 0.818. The molecule has 0 spiro atoms. The van der Waals surface area contributed by atoms with Crippen LogP contribution in [0.3, 0.4) is 0 Å². The molecule has 0 bridgehead atoms. The molecular formula is C10H7BrClN3O3S. The van der Waals surface area contributed by atoms with Crippen molar-refractivity contribution in [1.82, 2.24) is 10.2 Å². The standard InChI is InChI=1S/C10H7BrClN3O3S/c11-7-5-6(19(12,17)18)1-2-8(7)14-10(16)9-3-4-13-15-9/h1-5H,(H,13,15)(H,14,16). The molecule has 2 rings (SSSR count). The molecule has 2 aromatic rings. The van der Waals surface area contributed by atoms with Crippen LogP contribution in [-0.4, -0.2) is 24.5 Å². The third-order valence-corrected chi connectivity index (χ3v) is 4.22. The molecule has 0 atom stereocenters. The van der Waals surface area contributed by atoms with Crippen LogP contribution >= 0.6 is 26.6 Å². The summed E-state index contributed by atoms with van der Waals surface area (Å²) in [5, 5.41) is 8.77. The number of hydrogen-bond acceptors (Lipinski definition) is 4. The Hall–Kier alpha value is -1.38. The highest BCUT2D eigenvalue weighted by molar-refractivity contribution is 9.10. The molecule has 0 aliphatic heterocycles. The minimum atomic E-state index is -3.80. The average molecular weight is 365 g/mol. The number of amides is 1. The van der Waals surface area contributed by atoms with E-state index in [4.69, 9.17) is 10.7 Å². The highest BCUT2D eigenvalue weighted by atomic mass is 79.9. The first-order chi connectivity index (χ1) is 8.88. The van der Waals surface area contributed by atoms with Crippen LogP contribution in [0.25, 0.3) is 0 Å². The van der Waals surface area contributed by atoms with Gasteiger partial charge in [0.05, 0.1) is 10.6 Å². The zero-order chi connectivity index (χ0) is 14.0.